The largest absolute Gasteiger partial charge is 0.348 e. The monoisotopic (exact) mass is 83.0 g/mol. The summed E-state index contributed by atoms with van der Waals surface area (Å²) in [5, 5.41) is 2.19. The molecule has 0 aromatic heterocycles. The number of rotatable bonds is 1. The van der Waals surface area contributed by atoms with Crippen LogP contribution >= 0.6 is 0 Å². The average Bonchev–Trinajstić information content (AvgIpc) is 1.61. The fourth-order valence-electron chi connectivity index (χ4n) is 0.0494. The van der Waals surface area contributed by atoms with Crippen molar-refractivity contribution in [2.45, 2.75) is 0 Å². The predicted octanol–water partition coefficient (Wildman–Crippen LogP) is 0.166. The number of nitrogens with zero attached hydrogens (tertiary/aromatic N) is 3. The molecule has 0 aromatic carbocycles. The Balaban J connectivity index is 3.79. The van der Waals surface area contributed by atoms with Gasteiger partial charge in [-0.1, -0.05) is 0 Å². The lowest BCUT2D eigenvalue weighted by Crippen LogP contribution is -1.46. The Bertz CT molecular complexity index is 117. The summed E-state index contributed by atoms with van der Waals surface area (Å²) in [5.41, 5.74) is 7.48. The molecule has 4 heteroatoms. The van der Waals surface area contributed by atoms with Gasteiger partial charge in [0, 0.05) is 0 Å². The molecule has 0 rings (SSSR count). The van der Waals surface area contributed by atoms with Crippen LogP contribution in [0.5, 0.6) is 0 Å². The van der Waals surface area contributed by atoms with Crippen LogP contribution in [0.25, 0.3) is 5.53 Å². The van der Waals surface area contributed by atoms with Crippen molar-refractivity contribution in [2.75, 3.05) is 0 Å². The fraction of sp³-hybridized carbons (Fsp3) is 0. The molecular weight excluding hydrogens is 82.0 g/mol. The molecule has 0 unspecified atom stereocenters. The summed E-state index contributed by atoms with van der Waals surface area (Å²) in [6.07, 6.45) is 0.708. The molecule has 0 aliphatic rings. The molecule has 0 atom stereocenters. The van der Waals surface area contributed by atoms with Crippen LogP contribution in [0.4, 0.5) is 0 Å². The molecule has 0 bridgehead atoms. The first-order valence-corrected chi connectivity index (χ1v) is 1.15. The maximum atomic E-state index is 9.02. The quantitative estimate of drug-likeness (QED) is 0.193. The van der Waals surface area contributed by atoms with Crippen molar-refractivity contribution in [3.05, 3.63) is 16.6 Å². The lowest BCUT2D eigenvalue weighted by molar-refractivity contribution is 0.00790. The van der Waals surface area contributed by atoms with E-state index < -0.39 is 0 Å². The molecule has 0 spiro atoms. The van der Waals surface area contributed by atoms with Crippen LogP contribution in [0.3, 0.4) is 0 Å². The van der Waals surface area contributed by atoms with Crippen LogP contribution in [0, 0.1) is 4.91 Å². The molecule has 0 saturated heterocycles. The van der Waals surface area contributed by atoms with E-state index in [-0.39, 0.29) is 0 Å². The van der Waals surface area contributed by atoms with Gasteiger partial charge in [-0.2, -0.15) is 0 Å². The second-order valence-electron chi connectivity index (χ2n) is 0.464. The third kappa shape index (κ3) is 2.76. The summed E-state index contributed by atoms with van der Waals surface area (Å²) < 4.78 is 0. The van der Waals surface area contributed by atoms with Crippen LogP contribution in [-0.2, 0) is 0 Å². The van der Waals surface area contributed by atoms with E-state index in [9.17, 15) is 0 Å². The van der Waals surface area contributed by atoms with Crippen LogP contribution in [0.15, 0.2) is 11.4 Å². The van der Waals surface area contributed by atoms with E-state index in [4.69, 9.17) is 10.4 Å². The van der Waals surface area contributed by atoms with Gasteiger partial charge in [0.25, 0.3) is 0 Å². The summed E-state index contributed by atoms with van der Waals surface area (Å²) in [6, 6.07) is 0. The first kappa shape index (κ1) is 4.76. The van der Waals surface area contributed by atoms with Gasteiger partial charge in [-0.05, 0) is 5.18 Å². The third-order valence-corrected chi connectivity index (χ3v) is 0.168. The highest BCUT2D eigenvalue weighted by molar-refractivity contribution is 5.43. The summed E-state index contributed by atoms with van der Waals surface area (Å²) in [7, 11) is 0. The Hall–Kier alpha value is -1.24. The van der Waals surface area contributed by atoms with Crippen LogP contribution in [0.2, 0.25) is 0 Å². The Labute approximate surface area is 33.7 Å². The lowest BCUT2D eigenvalue weighted by Gasteiger charge is -1.36. The first-order chi connectivity index (χ1) is 2.91. The Kier molecular flexibility index (Phi) is 2.98. The van der Waals surface area contributed by atoms with Gasteiger partial charge in [-0.25, -0.2) is 0 Å². The van der Waals surface area contributed by atoms with Gasteiger partial charge < -0.3 is 5.53 Å². The van der Waals surface area contributed by atoms with E-state index in [2.05, 4.69) is 9.97 Å². The molecule has 4 nitrogen and oxygen atoms in total. The Morgan fingerprint density at radius 1 is 2.00 bits per heavy atom. The van der Waals surface area contributed by atoms with E-state index in [1.54, 1.807) is 5.87 Å². The van der Waals surface area contributed by atoms with Crippen molar-refractivity contribution in [1.29, 1.82) is 0 Å². The summed E-state index contributed by atoms with van der Waals surface area (Å²) >= 11 is 0. The van der Waals surface area contributed by atoms with E-state index in [0.717, 1.165) is 0 Å². The van der Waals surface area contributed by atoms with Gasteiger partial charge in [0.15, 0.2) is 6.20 Å². The maximum absolute atomic E-state index is 9.02. The molecule has 0 aromatic rings. The summed E-state index contributed by atoms with van der Waals surface area (Å²) in [5.74, 6) is 1.77. The zero-order chi connectivity index (χ0) is 4.83. The van der Waals surface area contributed by atoms with Gasteiger partial charge in [-0.15, -0.1) is 9.70 Å². The molecule has 0 aliphatic carbocycles. The molecule has 0 N–H and O–H groups in total. The zero-order valence-corrected chi connectivity index (χ0v) is 2.83. The molecule has 0 fully saturated rings. The van der Waals surface area contributed by atoms with Gasteiger partial charge in [0.2, 0.25) is 0 Å². The molecular formula is C2HN3O. The normalized spacial score (nSPS) is 4.67. The molecule has 0 heterocycles. The van der Waals surface area contributed by atoms with E-state index in [0.29, 0.717) is 6.20 Å². The average molecular weight is 83.0 g/mol. The molecule has 0 amide bonds. The highest BCUT2D eigenvalue weighted by atomic mass is 16.2. The molecule has 6 heavy (non-hydrogen) atoms. The van der Waals surface area contributed by atoms with E-state index >= 15 is 0 Å². The predicted molar refractivity (Wildman–Crippen MR) is 19.0 cm³/mol. The smallest absolute Gasteiger partial charge is 0.323 e. The minimum atomic E-state index is 0.708. The van der Waals surface area contributed by atoms with Gasteiger partial charge >= 0.3 is 5.87 Å². The van der Waals surface area contributed by atoms with Crippen molar-refractivity contribution < 1.29 is 4.79 Å². The lowest BCUT2D eigenvalue weighted by atomic mass is 11.0. The van der Waals surface area contributed by atoms with Crippen molar-refractivity contribution >= 4 is 5.87 Å². The highest BCUT2D eigenvalue weighted by Crippen LogP contribution is 1.51. The van der Waals surface area contributed by atoms with Crippen molar-refractivity contribution in [3.63, 3.8) is 0 Å². The summed E-state index contributed by atoms with van der Waals surface area (Å²) in [6.45, 7) is 0. The van der Waals surface area contributed by atoms with Gasteiger partial charge in [0.1, 0.15) is 0 Å². The zero-order valence-electron chi connectivity index (χ0n) is 2.83. The second kappa shape index (κ2) is 3.76. The highest BCUT2D eigenvalue weighted by Gasteiger charge is 1.55. The number of nitroso groups, excluding NO2 is 1. The van der Waals surface area contributed by atoms with Crippen LogP contribution in [0.1, 0.15) is 0 Å². The maximum Gasteiger partial charge on any atom is 0.323 e. The third-order valence-electron chi connectivity index (χ3n) is 0.168. The van der Waals surface area contributed by atoms with Crippen molar-refractivity contribution in [3.8, 4) is 0 Å². The minimum Gasteiger partial charge on any atom is -0.348 e. The molecule has 0 aliphatic heterocycles. The first-order valence-electron chi connectivity index (χ1n) is 1.15. The Morgan fingerprint density at radius 2 is 2.67 bits per heavy atom. The summed E-state index contributed by atoms with van der Waals surface area (Å²) in [4.78, 5) is 11.4. The molecule has 30 valence electrons. The van der Waals surface area contributed by atoms with Crippen molar-refractivity contribution in [2.24, 2.45) is 5.18 Å². The SMILES string of the molecule is [N-]=[N+]=C=CN=O. The topological polar surface area (TPSA) is 65.8 Å². The number of hydrogen-bond acceptors (Lipinski definition) is 2. The molecule has 0 radical (unpaired) electrons. The van der Waals surface area contributed by atoms with Crippen LogP contribution in [-0.4, -0.2) is 10.7 Å². The number of hydrogen-bond donors (Lipinski definition) is 0. The van der Waals surface area contributed by atoms with Crippen molar-refractivity contribution in [1.82, 2.24) is 0 Å². The van der Waals surface area contributed by atoms with Crippen LogP contribution < -0.4 is 0 Å². The molecule has 0 saturated carbocycles. The minimum absolute atomic E-state index is 0.708. The van der Waals surface area contributed by atoms with E-state index in [1.165, 1.54) is 0 Å². The standard InChI is InChI=1S/C2HN3O/c3-4-1-2-5-6/h2H. The van der Waals surface area contributed by atoms with Gasteiger partial charge in [0.05, 0.1) is 0 Å². The van der Waals surface area contributed by atoms with E-state index in [1.807, 2.05) is 0 Å². The van der Waals surface area contributed by atoms with Gasteiger partial charge in [-0.3, -0.25) is 0 Å². The fourth-order valence-corrected chi connectivity index (χ4v) is 0.0494. The Morgan fingerprint density at radius 3 is 2.83 bits per heavy atom. The second-order valence-corrected chi connectivity index (χ2v) is 0.464.